The number of hydrogen-bond acceptors (Lipinski definition) is 4. The number of benzene rings is 1. The third kappa shape index (κ3) is 2.07. The zero-order valence-electron chi connectivity index (χ0n) is 12.1. The lowest BCUT2D eigenvalue weighted by Crippen LogP contribution is -1.99. The van der Waals surface area contributed by atoms with E-state index in [1.165, 1.54) is 0 Å². The Kier molecular flexibility index (Phi) is 2.96. The third-order valence-corrected chi connectivity index (χ3v) is 3.56. The van der Waals surface area contributed by atoms with E-state index in [9.17, 15) is 0 Å². The molecule has 0 amide bonds. The number of fused-ring (bicyclic) bond motifs is 3. The summed E-state index contributed by atoms with van der Waals surface area (Å²) in [4.78, 5) is 8.76. The molecule has 0 fully saturated rings. The van der Waals surface area contributed by atoms with Gasteiger partial charge in [0.1, 0.15) is 12.3 Å². The molecule has 1 aromatic carbocycles. The van der Waals surface area contributed by atoms with Crippen LogP contribution >= 0.6 is 0 Å². The van der Waals surface area contributed by atoms with E-state index >= 15 is 0 Å². The van der Waals surface area contributed by atoms with Crippen LogP contribution in [0.5, 0.6) is 5.75 Å². The van der Waals surface area contributed by atoms with Crippen molar-refractivity contribution in [3.8, 4) is 5.75 Å². The summed E-state index contributed by atoms with van der Waals surface area (Å²) in [6, 6.07) is 13.8. The van der Waals surface area contributed by atoms with Crippen molar-refractivity contribution in [1.82, 2.24) is 19.6 Å². The van der Waals surface area contributed by atoms with Crippen LogP contribution in [0.2, 0.25) is 0 Å². The molecule has 0 aliphatic carbocycles. The quantitative estimate of drug-likeness (QED) is 0.581. The van der Waals surface area contributed by atoms with Gasteiger partial charge in [-0.1, -0.05) is 24.3 Å². The Morgan fingerprint density at radius 2 is 1.91 bits per heavy atom. The minimum atomic E-state index is 0.400. The first-order chi connectivity index (χ1) is 10.8. The van der Waals surface area contributed by atoms with E-state index in [0.717, 1.165) is 27.9 Å². The Morgan fingerprint density at radius 1 is 1.05 bits per heavy atom. The largest absolute Gasteiger partial charge is 0.481 e. The van der Waals surface area contributed by atoms with Crippen LogP contribution in [0, 0.1) is 6.92 Å². The molecular formula is C17H14N4O. The van der Waals surface area contributed by atoms with Crippen LogP contribution in [0.3, 0.4) is 0 Å². The summed E-state index contributed by atoms with van der Waals surface area (Å²) in [5, 5.41) is 5.61. The van der Waals surface area contributed by atoms with Crippen molar-refractivity contribution >= 4 is 16.6 Å². The fourth-order valence-corrected chi connectivity index (χ4v) is 2.50. The summed E-state index contributed by atoms with van der Waals surface area (Å²) in [6.07, 6.45) is 3.60. The van der Waals surface area contributed by atoms with E-state index in [-0.39, 0.29) is 0 Å². The van der Waals surface area contributed by atoms with Crippen LogP contribution in [0.1, 0.15) is 11.4 Å². The molecule has 0 aliphatic heterocycles. The van der Waals surface area contributed by atoms with Crippen LogP contribution in [-0.4, -0.2) is 19.6 Å². The molecule has 4 rings (SSSR count). The first kappa shape index (κ1) is 12.8. The van der Waals surface area contributed by atoms with Crippen molar-refractivity contribution < 1.29 is 4.74 Å². The van der Waals surface area contributed by atoms with Crippen molar-refractivity contribution in [1.29, 1.82) is 0 Å². The number of aromatic nitrogens is 4. The highest BCUT2D eigenvalue weighted by atomic mass is 16.5. The lowest BCUT2D eigenvalue weighted by molar-refractivity contribution is 0.302. The van der Waals surface area contributed by atoms with E-state index in [1.54, 1.807) is 6.20 Å². The van der Waals surface area contributed by atoms with Crippen molar-refractivity contribution in [2.24, 2.45) is 0 Å². The number of ether oxygens (including phenoxy) is 1. The molecule has 0 saturated heterocycles. The molecule has 22 heavy (non-hydrogen) atoms. The maximum Gasteiger partial charge on any atom is 0.198 e. The maximum absolute atomic E-state index is 5.92. The second-order valence-corrected chi connectivity index (χ2v) is 5.08. The summed E-state index contributed by atoms with van der Waals surface area (Å²) < 4.78 is 7.75. The molecule has 0 saturated carbocycles. The highest BCUT2D eigenvalue weighted by Crippen LogP contribution is 2.26. The second-order valence-electron chi connectivity index (χ2n) is 5.08. The van der Waals surface area contributed by atoms with Crippen molar-refractivity contribution in [3.05, 3.63) is 66.2 Å². The predicted octanol–water partition coefficient (Wildman–Crippen LogP) is 3.16. The molecule has 0 radical (unpaired) electrons. The van der Waals surface area contributed by atoms with Crippen molar-refractivity contribution in [2.75, 3.05) is 0 Å². The predicted molar refractivity (Wildman–Crippen MR) is 83.8 cm³/mol. The van der Waals surface area contributed by atoms with Crippen molar-refractivity contribution in [3.63, 3.8) is 0 Å². The molecule has 0 unspecified atom stereocenters. The van der Waals surface area contributed by atoms with Crippen LogP contribution in [-0.2, 0) is 6.61 Å². The Labute approximate surface area is 127 Å². The van der Waals surface area contributed by atoms with Crippen molar-refractivity contribution in [2.45, 2.75) is 13.5 Å². The van der Waals surface area contributed by atoms with Gasteiger partial charge >= 0.3 is 0 Å². The fourth-order valence-electron chi connectivity index (χ4n) is 2.50. The topological polar surface area (TPSA) is 52.3 Å². The van der Waals surface area contributed by atoms with E-state index in [2.05, 4.69) is 15.1 Å². The van der Waals surface area contributed by atoms with Crippen LogP contribution < -0.4 is 4.74 Å². The molecule has 0 bridgehead atoms. The van der Waals surface area contributed by atoms with Gasteiger partial charge in [0.25, 0.3) is 0 Å². The van der Waals surface area contributed by atoms with Gasteiger partial charge in [-0.15, -0.1) is 0 Å². The minimum Gasteiger partial charge on any atom is -0.481 e. The first-order valence-electron chi connectivity index (χ1n) is 7.09. The van der Waals surface area contributed by atoms with Gasteiger partial charge in [-0.25, -0.2) is 9.50 Å². The minimum absolute atomic E-state index is 0.400. The van der Waals surface area contributed by atoms with Gasteiger partial charge in [-0.2, -0.15) is 5.10 Å². The molecule has 0 aliphatic rings. The molecule has 5 nitrogen and oxygen atoms in total. The summed E-state index contributed by atoms with van der Waals surface area (Å²) in [5.74, 6) is 0.705. The molecule has 0 spiro atoms. The average molecular weight is 290 g/mol. The SMILES string of the molecule is Cc1nn2c(ncc3ccccc32)c1OCc1ccccn1. The standard InChI is InChI=1S/C17H14N4O/c1-12-16(22-11-14-7-4-5-9-18-14)17-19-10-13-6-2-3-8-15(13)21(17)20-12/h2-10H,11H2,1H3. The summed E-state index contributed by atoms with van der Waals surface area (Å²) in [5.41, 5.74) is 3.44. The second kappa shape index (κ2) is 5.11. The maximum atomic E-state index is 5.92. The summed E-state index contributed by atoms with van der Waals surface area (Å²) in [7, 11) is 0. The Hall–Kier alpha value is -2.95. The summed E-state index contributed by atoms with van der Waals surface area (Å²) in [6.45, 7) is 2.33. The lowest BCUT2D eigenvalue weighted by atomic mass is 10.2. The Balaban J connectivity index is 1.78. The molecular weight excluding hydrogens is 276 g/mol. The molecule has 108 valence electrons. The van der Waals surface area contributed by atoms with Gasteiger partial charge in [0.15, 0.2) is 11.4 Å². The van der Waals surface area contributed by atoms with E-state index < -0.39 is 0 Å². The van der Waals surface area contributed by atoms with E-state index in [4.69, 9.17) is 4.74 Å². The Bertz CT molecular complexity index is 947. The first-order valence-corrected chi connectivity index (χ1v) is 7.09. The van der Waals surface area contributed by atoms with Crippen LogP contribution in [0.4, 0.5) is 0 Å². The number of para-hydroxylation sites is 1. The van der Waals surface area contributed by atoms with Gasteiger partial charge in [0.05, 0.1) is 11.2 Å². The zero-order chi connectivity index (χ0) is 14.9. The molecule has 0 N–H and O–H groups in total. The highest BCUT2D eigenvalue weighted by Gasteiger charge is 2.14. The number of pyridine rings is 1. The third-order valence-electron chi connectivity index (χ3n) is 3.56. The van der Waals surface area contributed by atoms with E-state index in [1.807, 2.05) is 60.1 Å². The number of hydrogen-bond donors (Lipinski definition) is 0. The van der Waals surface area contributed by atoms with E-state index in [0.29, 0.717) is 12.4 Å². The van der Waals surface area contributed by atoms with Crippen LogP contribution in [0.15, 0.2) is 54.9 Å². The van der Waals surface area contributed by atoms with Crippen LogP contribution in [0.25, 0.3) is 16.6 Å². The van der Waals surface area contributed by atoms with Gasteiger partial charge in [-0.3, -0.25) is 4.98 Å². The smallest absolute Gasteiger partial charge is 0.198 e. The zero-order valence-corrected chi connectivity index (χ0v) is 12.1. The number of nitrogens with zero attached hydrogens (tertiary/aromatic N) is 4. The number of rotatable bonds is 3. The highest BCUT2D eigenvalue weighted by molar-refractivity contribution is 5.81. The average Bonchev–Trinajstić information content (AvgIpc) is 2.90. The summed E-state index contributed by atoms with van der Waals surface area (Å²) >= 11 is 0. The van der Waals surface area contributed by atoms with Gasteiger partial charge < -0.3 is 4.74 Å². The molecule has 3 aromatic heterocycles. The normalized spacial score (nSPS) is 11.1. The fraction of sp³-hybridized carbons (Fsp3) is 0.118. The Morgan fingerprint density at radius 3 is 2.77 bits per heavy atom. The van der Waals surface area contributed by atoms with Gasteiger partial charge in [-0.05, 0) is 25.1 Å². The lowest BCUT2D eigenvalue weighted by Gasteiger charge is -2.05. The molecule has 4 aromatic rings. The van der Waals surface area contributed by atoms with Gasteiger partial charge in [0, 0.05) is 17.8 Å². The molecule has 5 heteroatoms. The van der Waals surface area contributed by atoms with Gasteiger partial charge in [0.2, 0.25) is 0 Å². The monoisotopic (exact) mass is 290 g/mol. The molecule has 3 heterocycles. The number of aryl methyl sites for hydroxylation is 1. The molecule has 0 atom stereocenters.